The monoisotopic (exact) mass is 294 g/mol. The first-order valence-electron chi connectivity index (χ1n) is 6.24. The van der Waals surface area contributed by atoms with E-state index >= 15 is 0 Å². The predicted molar refractivity (Wildman–Crippen MR) is 79.0 cm³/mol. The van der Waals surface area contributed by atoms with Crippen molar-refractivity contribution in [1.82, 2.24) is 4.98 Å². The Morgan fingerprint density at radius 2 is 2.10 bits per heavy atom. The van der Waals surface area contributed by atoms with Gasteiger partial charge in [0.1, 0.15) is 0 Å². The summed E-state index contributed by atoms with van der Waals surface area (Å²) in [5.41, 5.74) is 2.69. The van der Waals surface area contributed by atoms with Crippen LogP contribution in [0, 0.1) is 12.7 Å². The van der Waals surface area contributed by atoms with Crippen LogP contribution in [0.25, 0.3) is 0 Å². The van der Waals surface area contributed by atoms with Gasteiger partial charge in [-0.3, -0.25) is 0 Å². The second-order valence-electron chi connectivity index (χ2n) is 4.55. The molecule has 0 bridgehead atoms. The highest BCUT2D eigenvalue weighted by Gasteiger charge is 2.12. The Balaban J connectivity index is 2.26. The van der Waals surface area contributed by atoms with Crippen LogP contribution in [0.5, 0.6) is 5.75 Å². The van der Waals surface area contributed by atoms with Crippen molar-refractivity contribution < 1.29 is 9.13 Å². The summed E-state index contributed by atoms with van der Waals surface area (Å²) in [5.74, 6) is -0.149. The van der Waals surface area contributed by atoms with E-state index in [4.69, 9.17) is 16.3 Å². The third-order valence-corrected chi connectivity index (χ3v) is 3.44. The first-order valence-corrected chi connectivity index (χ1v) is 6.61. The molecule has 0 amide bonds. The number of pyridine rings is 1. The van der Waals surface area contributed by atoms with Crippen LogP contribution in [-0.4, -0.2) is 12.1 Å². The third kappa shape index (κ3) is 3.02. The molecule has 1 atom stereocenters. The van der Waals surface area contributed by atoms with E-state index in [1.54, 1.807) is 18.3 Å². The lowest BCUT2D eigenvalue weighted by atomic mass is 10.1. The number of methoxy groups -OCH3 is 1. The summed E-state index contributed by atoms with van der Waals surface area (Å²) in [7, 11) is 1.45. The molecule has 0 saturated carbocycles. The van der Waals surface area contributed by atoms with E-state index in [2.05, 4.69) is 10.3 Å². The Morgan fingerprint density at radius 1 is 1.35 bits per heavy atom. The van der Waals surface area contributed by atoms with Crippen molar-refractivity contribution in [2.24, 2.45) is 0 Å². The van der Waals surface area contributed by atoms with Gasteiger partial charge in [0.25, 0.3) is 0 Å². The van der Waals surface area contributed by atoms with Crippen LogP contribution in [0.4, 0.5) is 10.1 Å². The van der Waals surface area contributed by atoms with Crippen LogP contribution < -0.4 is 10.1 Å². The van der Waals surface area contributed by atoms with E-state index in [1.165, 1.54) is 13.2 Å². The molecule has 0 radical (unpaired) electrons. The molecule has 0 aliphatic carbocycles. The standard InChI is InChI=1S/C15H16ClFN2O/c1-9-6-7-18-15(16)14(9)19-10(2)11-4-5-12(17)13(8-11)20-3/h4-8,10,19H,1-3H3. The summed E-state index contributed by atoms with van der Waals surface area (Å²) < 4.78 is 18.4. The average molecular weight is 295 g/mol. The third-order valence-electron chi connectivity index (χ3n) is 3.15. The molecule has 2 rings (SSSR count). The minimum Gasteiger partial charge on any atom is -0.494 e. The maximum Gasteiger partial charge on any atom is 0.165 e. The Bertz CT molecular complexity index is 599. The Labute approximate surface area is 122 Å². The Morgan fingerprint density at radius 3 is 2.75 bits per heavy atom. The Hall–Kier alpha value is -1.81. The molecule has 1 aromatic heterocycles. The smallest absolute Gasteiger partial charge is 0.165 e. The van der Waals surface area contributed by atoms with Gasteiger partial charge in [-0.25, -0.2) is 9.37 Å². The lowest BCUT2D eigenvalue weighted by Crippen LogP contribution is -2.09. The topological polar surface area (TPSA) is 34.1 Å². The zero-order valence-electron chi connectivity index (χ0n) is 11.6. The number of halogens is 2. The molecule has 0 fully saturated rings. The van der Waals surface area contributed by atoms with Crippen molar-refractivity contribution in [1.29, 1.82) is 0 Å². The van der Waals surface area contributed by atoms with Crippen LogP contribution in [-0.2, 0) is 0 Å². The van der Waals surface area contributed by atoms with Gasteiger partial charge in [-0.05, 0) is 43.2 Å². The lowest BCUT2D eigenvalue weighted by Gasteiger charge is -2.18. The number of ether oxygens (including phenoxy) is 1. The maximum absolute atomic E-state index is 13.4. The normalized spacial score (nSPS) is 12.1. The molecular weight excluding hydrogens is 279 g/mol. The summed E-state index contributed by atoms with van der Waals surface area (Å²) in [4.78, 5) is 4.05. The summed E-state index contributed by atoms with van der Waals surface area (Å²) >= 11 is 6.09. The van der Waals surface area contributed by atoms with Crippen LogP contribution in [0.1, 0.15) is 24.1 Å². The Kier molecular flexibility index (Phi) is 4.45. The molecule has 2 aromatic rings. The van der Waals surface area contributed by atoms with E-state index in [-0.39, 0.29) is 17.6 Å². The predicted octanol–water partition coefficient (Wildman–Crippen LogP) is 4.36. The number of hydrogen-bond donors (Lipinski definition) is 1. The van der Waals surface area contributed by atoms with Crippen molar-refractivity contribution in [3.8, 4) is 5.75 Å². The van der Waals surface area contributed by atoms with E-state index in [0.717, 1.165) is 16.8 Å². The molecule has 0 aliphatic heterocycles. The van der Waals surface area contributed by atoms with Gasteiger partial charge in [-0.1, -0.05) is 17.7 Å². The fourth-order valence-corrected chi connectivity index (χ4v) is 2.20. The van der Waals surface area contributed by atoms with E-state index in [9.17, 15) is 4.39 Å². The summed E-state index contributed by atoms with van der Waals surface area (Å²) in [6.07, 6.45) is 1.66. The molecule has 106 valence electrons. The van der Waals surface area contributed by atoms with Gasteiger partial charge in [-0.15, -0.1) is 0 Å². The number of nitrogens with one attached hydrogen (secondary N) is 1. The number of hydrogen-bond acceptors (Lipinski definition) is 3. The molecule has 1 N–H and O–H groups in total. The molecular formula is C15H16ClFN2O. The molecule has 1 heterocycles. The average Bonchev–Trinajstić information content (AvgIpc) is 2.43. The zero-order valence-corrected chi connectivity index (χ0v) is 12.3. The van der Waals surface area contributed by atoms with Gasteiger partial charge >= 0.3 is 0 Å². The number of rotatable bonds is 4. The highest BCUT2D eigenvalue weighted by molar-refractivity contribution is 6.32. The second kappa shape index (κ2) is 6.09. The van der Waals surface area contributed by atoms with Crippen molar-refractivity contribution in [3.63, 3.8) is 0 Å². The van der Waals surface area contributed by atoms with E-state index in [0.29, 0.717) is 5.15 Å². The van der Waals surface area contributed by atoms with Crippen molar-refractivity contribution >= 4 is 17.3 Å². The number of anilines is 1. The number of nitrogens with zero attached hydrogens (tertiary/aromatic N) is 1. The van der Waals surface area contributed by atoms with Gasteiger partial charge in [0.15, 0.2) is 16.7 Å². The van der Waals surface area contributed by atoms with Gasteiger partial charge in [0.2, 0.25) is 0 Å². The highest BCUT2D eigenvalue weighted by Crippen LogP contribution is 2.29. The molecule has 0 spiro atoms. The van der Waals surface area contributed by atoms with Crippen LogP contribution in [0.3, 0.4) is 0 Å². The highest BCUT2D eigenvalue weighted by atomic mass is 35.5. The molecule has 0 saturated heterocycles. The fraction of sp³-hybridized carbons (Fsp3) is 0.267. The molecule has 1 aromatic carbocycles. The molecule has 20 heavy (non-hydrogen) atoms. The van der Waals surface area contributed by atoms with E-state index in [1.807, 2.05) is 19.9 Å². The number of aryl methyl sites for hydroxylation is 1. The molecule has 0 aliphatic rings. The van der Waals surface area contributed by atoms with Gasteiger partial charge in [0, 0.05) is 12.2 Å². The van der Waals surface area contributed by atoms with Gasteiger partial charge in [-0.2, -0.15) is 0 Å². The SMILES string of the molecule is COc1cc(C(C)Nc2c(C)ccnc2Cl)ccc1F. The lowest BCUT2D eigenvalue weighted by molar-refractivity contribution is 0.385. The summed E-state index contributed by atoms with van der Waals surface area (Å²) in [5, 5.41) is 3.72. The number of aromatic nitrogens is 1. The van der Waals surface area contributed by atoms with Crippen molar-refractivity contribution in [2.45, 2.75) is 19.9 Å². The van der Waals surface area contributed by atoms with Gasteiger partial charge < -0.3 is 10.1 Å². The molecule has 5 heteroatoms. The van der Waals surface area contributed by atoms with Crippen molar-refractivity contribution in [3.05, 3.63) is 52.6 Å². The minimum atomic E-state index is -0.376. The van der Waals surface area contributed by atoms with Crippen LogP contribution >= 0.6 is 11.6 Å². The molecule has 3 nitrogen and oxygen atoms in total. The quantitative estimate of drug-likeness (QED) is 0.851. The van der Waals surface area contributed by atoms with Crippen LogP contribution in [0.2, 0.25) is 5.15 Å². The maximum atomic E-state index is 13.4. The largest absolute Gasteiger partial charge is 0.494 e. The summed E-state index contributed by atoms with van der Waals surface area (Å²) in [6, 6.07) is 6.61. The minimum absolute atomic E-state index is 0.0510. The first-order chi connectivity index (χ1) is 9.52. The van der Waals surface area contributed by atoms with Crippen LogP contribution in [0.15, 0.2) is 30.5 Å². The van der Waals surface area contributed by atoms with Crippen molar-refractivity contribution in [2.75, 3.05) is 12.4 Å². The first kappa shape index (κ1) is 14.6. The second-order valence-corrected chi connectivity index (χ2v) is 4.91. The van der Waals surface area contributed by atoms with E-state index < -0.39 is 0 Å². The molecule has 1 unspecified atom stereocenters. The summed E-state index contributed by atoms with van der Waals surface area (Å²) in [6.45, 7) is 3.92. The zero-order chi connectivity index (χ0) is 14.7. The number of benzene rings is 1. The van der Waals surface area contributed by atoms with Gasteiger partial charge in [0.05, 0.1) is 12.8 Å². The fourth-order valence-electron chi connectivity index (χ4n) is 1.94.